The molecule has 0 atom stereocenters. The Balaban J connectivity index is 2.32. The van der Waals surface area contributed by atoms with Gasteiger partial charge in [0, 0.05) is 18.6 Å². The summed E-state index contributed by atoms with van der Waals surface area (Å²) >= 11 is 1.67. The Labute approximate surface area is 69.6 Å². The van der Waals surface area contributed by atoms with Gasteiger partial charge in [0.25, 0.3) is 0 Å². The summed E-state index contributed by atoms with van der Waals surface area (Å²) in [4.78, 5) is 0. The van der Waals surface area contributed by atoms with E-state index < -0.39 is 0 Å². The SMILES string of the molecule is Cn1nncc1CSCCO. The minimum Gasteiger partial charge on any atom is -0.396 e. The van der Waals surface area contributed by atoms with Crippen molar-refractivity contribution in [3.8, 4) is 0 Å². The van der Waals surface area contributed by atoms with Gasteiger partial charge in [-0.05, 0) is 0 Å². The first-order chi connectivity index (χ1) is 5.34. The zero-order valence-corrected chi connectivity index (χ0v) is 7.21. The summed E-state index contributed by atoms with van der Waals surface area (Å²) in [6.45, 7) is 0.232. The summed E-state index contributed by atoms with van der Waals surface area (Å²) in [5.74, 6) is 1.63. The Morgan fingerprint density at radius 2 is 2.55 bits per heavy atom. The van der Waals surface area contributed by atoms with Crippen molar-refractivity contribution in [1.82, 2.24) is 15.0 Å². The highest BCUT2D eigenvalue weighted by atomic mass is 32.2. The van der Waals surface area contributed by atoms with Gasteiger partial charge in [0.15, 0.2) is 0 Å². The smallest absolute Gasteiger partial charge is 0.0733 e. The topological polar surface area (TPSA) is 50.9 Å². The van der Waals surface area contributed by atoms with Crippen LogP contribution in [0.25, 0.3) is 0 Å². The van der Waals surface area contributed by atoms with Crippen LogP contribution in [0.2, 0.25) is 0 Å². The lowest BCUT2D eigenvalue weighted by molar-refractivity contribution is 0.322. The van der Waals surface area contributed by atoms with Gasteiger partial charge in [0.2, 0.25) is 0 Å². The third-order valence-electron chi connectivity index (χ3n) is 1.29. The van der Waals surface area contributed by atoms with Gasteiger partial charge >= 0.3 is 0 Å². The highest BCUT2D eigenvalue weighted by Crippen LogP contribution is 2.08. The van der Waals surface area contributed by atoms with Crippen LogP contribution in [0.15, 0.2) is 6.20 Å². The molecular weight excluding hydrogens is 162 g/mol. The van der Waals surface area contributed by atoms with Gasteiger partial charge in [-0.25, -0.2) is 0 Å². The summed E-state index contributed by atoms with van der Waals surface area (Å²) in [6.07, 6.45) is 1.74. The number of aryl methyl sites for hydroxylation is 1. The van der Waals surface area contributed by atoms with Gasteiger partial charge < -0.3 is 5.11 Å². The summed E-state index contributed by atoms with van der Waals surface area (Å²) in [6, 6.07) is 0. The van der Waals surface area contributed by atoms with Crippen molar-refractivity contribution >= 4 is 11.8 Å². The fourth-order valence-corrected chi connectivity index (χ4v) is 1.43. The molecule has 5 heteroatoms. The summed E-state index contributed by atoms with van der Waals surface area (Å²) in [7, 11) is 1.86. The fourth-order valence-electron chi connectivity index (χ4n) is 0.683. The van der Waals surface area contributed by atoms with Crippen LogP contribution in [0, 0.1) is 0 Å². The number of aliphatic hydroxyl groups is 1. The minimum absolute atomic E-state index is 0.232. The second-order valence-electron chi connectivity index (χ2n) is 2.13. The van der Waals surface area contributed by atoms with Crippen molar-refractivity contribution in [3.63, 3.8) is 0 Å². The van der Waals surface area contributed by atoms with Crippen LogP contribution in [-0.2, 0) is 12.8 Å². The van der Waals surface area contributed by atoms with Crippen molar-refractivity contribution in [3.05, 3.63) is 11.9 Å². The van der Waals surface area contributed by atoms with Crippen LogP contribution in [-0.4, -0.2) is 32.5 Å². The molecule has 0 aliphatic rings. The van der Waals surface area contributed by atoms with Crippen molar-refractivity contribution < 1.29 is 5.11 Å². The van der Waals surface area contributed by atoms with E-state index in [2.05, 4.69) is 10.3 Å². The lowest BCUT2D eigenvalue weighted by atomic mass is 10.5. The van der Waals surface area contributed by atoms with Gasteiger partial charge in [-0.2, -0.15) is 11.8 Å². The average Bonchev–Trinajstić information content (AvgIpc) is 2.37. The predicted molar refractivity (Wildman–Crippen MR) is 44.3 cm³/mol. The average molecular weight is 173 g/mol. The van der Waals surface area contributed by atoms with E-state index >= 15 is 0 Å². The third kappa shape index (κ3) is 2.51. The molecule has 1 rings (SSSR count). The molecule has 0 radical (unpaired) electrons. The van der Waals surface area contributed by atoms with E-state index in [9.17, 15) is 0 Å². The molecule has 0 spiro atoms. The Morgan fingerprint density at radius 3 is 3.09 bits per heavy atom. The molecule has 1 N–H and O–H groups in total. The molecule has 0 aromatic carbocycles. The molecule has 0 aliphatic carbocycles. The first-order valence-corrected chi connectivity index (χ1v) is 4.52. The number of hydrogen-bond donors (Lipinski definition) is 1. The molecule has 0 saturated heterocycles. The number of hydrogen-bond acceptors (Lipinski definition) is 4. The molecule has 0 fully saturated rings. The maximum atomic E-state index is 8.51. The molecule has 4 nitrogen and oxygen atoms in total. The van der Waals surface area contributed by atoms with Crippen molar-refractivity contribution in [1.29, 1.82) is 0 Å². The number of thioether (sulfide) groups is 1. The molecule has 0 bridgehead atoms. The summed E-state index contributed by atoms with van der Waals surface area (Å²) in [5, 5.41) is 16.0. The number of aliphatic hydroxyl groups excluding tert-OH is 1. The second kappa shape index (κ2) is 4.35. The molecule has 1 aromatic rings. The van der Waals surface area contributed by atoms with Gasteiger partial charge in [0.1, 0.15) is 0 Å². The van der Waals surface area contributed by atoms with Gasteiger partial charge in [0.05, 0.1) is 18.5 Å². The van der Waals surface area contributed by atoms with Crippen LogP contribution in [0.3, 0.4) is 0 Å². The lowest BCUT2D eigenvalue weighted by Gasteiger charge is -1.97. The van der Waals surface area contributed by atoms with Gasteiger partial charge in [-0.1, -0.05) is 5.21 Å². The highest BCUT2D eigenvalue weighted by molar-refractivity contribution is 7.98. The van der Waals surface area contributed by atoms with Crippen LogP contribution in [0.4, 0.5) is 0 Å². The van der Waals surface area contributed by atoms with E-state index in [0.29, 0.717) is 0 Å². The molecule has 11 heavy (non-hydrogen) atoms. The van der Waals surface area contributed by atoms with E-state index in [-0.39, 0.29) is 6.61 Å². The number of rotatable bonds is 4. The van der Waals surface area contributed by atoms with E-state index in [1.807, 2.05) is 7.05 Å². The predicted octanol–water partition coefficient (Wildman–Crippen LogP) is 0.0406. The highest BCUT2D eigenvalue weighted by Gasteiger charge is 1.97. The van der Waals surface area contributed by atoms with Crippen LogP contribution in [0.5, 0.6) is 0 Å². The number of nitrogens with zero attached hydrogens (tertiary/aromatic N) is 3. The molecule has 0 saturated carbocycles. The first-order valence-electron chi connectivity index (χ1n) is 3.36. The lowest BCUT2D eigenvalue weighted by Crippen LogP contribution is -1.97. The summed E-state index contributed by atoms with van der Waals surface area (Å²) in [5.41, 5.74) is 1.09. The maximum Gasteiger partial charge on any atom is 0.0733 e. The fraction of sp³-hybridized carbons (Fsp3) is 0.667. The Hall–Kier alpha value is -0.550. The maximum absolute atomic E-state index is 8.51. The van der Waals surface area contributed by atoms with Crippen LogP contribution in [0.1, 0.15) is 5.69 Å². The van der Waals surface area contributed by atoms with E-state index in [1.165, 1.54) is 0 Å². The largest absolute Gasteiger partial charge is 0.396 e. The molecule has 1 aromatic heterocycles. The van der Waals surface area contributed by atoms with Crippen molar-refractivity contribution in [2.24, 2.45) is 7.05 Å². The molecule has 0 unspecified atom stereocenters. The van der Waals surface area contributed by atoms with Crippen molar-refractivity contribution in [2.75, 3.05) is 12.4 Å². The second-order valence-corrected chi connectivity index (χ2v) is 3.23. The zero-order chi connectivity index (χ0) is 8.10. The third-order valence-corrected chi connectivity index (χ3v) is 2.26. The van der Waals surface area contributed by atoms with Crippen molar-refractivity contribution in [2.45, 2.75) is 5.75 Å². The van der Waals surface area contributed by atoms with Gasteiger partial charge in [-0.15, -0.1) is 5.10 Å². The standard InChI is InChI=1S/C6H11N3OS/c1-9-6(4-7-8-9)5-11-3-2-10/h4,10H,2-3,5H2,1H3. The van der Waals surface area contributed by atoms with E-state index in [4.69, 9.17) is 5.11 Å². The molecule has 62 valence electrons. The zero-order valence-electron chi connectivity index (χ0n) is 6.40. The minimum atomic E-state index is 0.232. The summed E-state index contributed by atoms with van der Waals surface area (Å²) < 4.78 is 1.74. The van der Waals surface area contributed by atoms with E-state index in [0.717, 1.165) is 17.2 Å². The van der Waals surface area contributed by atoms with E-state index in [1.54, 1.807) is 22.6 Å². The van der Waals surface area contributed by atoms with Gasteiger partial charge in [-0.3, -0.25) is 4.68 Å². The molecule has 1 heterocycles. The van der Waals surface area contributed by atoms with Crippen LogP contribution >= 0.6 is 11.8 Å². The first kappa shape index (κ1) is 8.55. The Bertz CT molecular complexity index is 213. The number of aromatic nitrogens is 3. The quantitative estimate of drug-likeness (QED) is 0.653. The molecular formula is C6H11N3OS. The Morgan fingerprint density at radius 1 is 1.73 bits per heavy atom. The van der Waals surface area contributed by atoms with Crippen LogP contribution < -0.4 is 0 Å². The molecule has 0 aliphatic heterocycles. The molecule has 0 amide bonds. The Kier molecular flexibility index (Phi) is 3.38. The monoisotopic (exact) mass is 173 g/mol. The normalized spacial score (nSPS) is 10.4.